The molecule has 0 aromatic carbocycles. The van der Waals surface area contributed by atoms with Crippen molar-refractivity contribution in [3.05, 3.63) is 0 Å². The van der Waals surface area contributed by atoms with Crippen molar-refractivity contribution in [2.75, 3.05) is 0 Å². The Morgan fingerprint density at radius 3 is 2.21 bits per heavy atom. The first kappa shape index (κ1) is 12.3. The smallest absolute Gasteiger partial charge is 0.108 e. The minimum Gasteiger partial charge on any atom is -0.388 e. The largest absolute Gasteiger partial charge is 0.388 e. The monoisotopic (exact) mass is 196 g/mol. The summed E-state index contributed by atoms with van der Waals surface area (Å²) < 4.78 is 0. The molecule has 0 atom stereocenters. The predicted molar refractivity (Wildman–Crippen MR) is 60.8 cm³/mol. The lowest BCUT2D eigenvalue weighted by molar-refractivity contribution is 0.988. The molecular weight excluding hydrogens is 180 g/mol. The van der Waals surface area contributed by atoms with Crippen LogP contribution in [0.1, 0.15) is 26.7 Å². The molecule has 6 heteroatoms. The molecule has 0 aliphatic rings. The Balaban J connectivity index is 4.63. The van der Waals surface area contributed by atoms with Crippen LogP contribution in [0.25, 0.3) is 0 Å². The lowest BCUT2D eigenvalue weighted by Gasteiger charge is -1.99. The van der Waals surface area contributed by atoms with Gasteiger partial charge >= 0.3 is 0 Å². The molecule has 0 amide bonds. The van der Waals surface area contributed by atoms with Gasteiger partial charge in [0.2, 0.25) is 0 Å². The van der Waals surface area contributed by atoms with Gasteiger partial charge in [-0.3, -0.25) is 0 Å². The zero-order valence-corrected chi connectivity index (χ0v) is 8.51. The second-order valence-electron chi connectivity index (χ2n) is 2.51. The molecule has 14 heavy (non-hydrogen) atoms. The molecule has 0 aromatic rings. The Hall–Kier alpha value is -1.72. The van der Waals surface area contributed by atoms with Gasteiger partial charge in [0.25, 0.3) is 0 Å². The van der Waals surface area contributed by atoms with Crippen molar-refractivity contribution in [1.29, 1.82) is 0 Å². The first-order chi connectivity index (χ1) is 6.76. The summed E-state index contributed by atoms with van der Waals surface area (Å²) in [5, 5.41) is 14.9. The normalized spacial score (nSPS) is 14.4. The van der Waals surface area contributed by atoms with Crippen molar-refractivity contribution in [3.63, 3.8) is 0 Å². The summed E-state index contributed by atoms with van der Waals surface area (Å²) >= 11 is 0. The highest BCUT2D eigenvalue weighted by Gasteiger charge is 2.02. The third kappa shape index (κ3) is 5.02. The second-order valence-corrected chi connectivity index (χ2v) is 2.51. The van der Waals surface area contributed by atoms with Crippen LogP contribution in [0.15, 0.2) is 20.4 Å². The van der Waals surface area contributed by atoms with Crippen molar-refractivity contribution in [2.24, 2.45) is 31.9 Å². The molecule has 0 heterocycles. The molecule has 0 aliphatic heterocycles. The van der Waals surface area contributed by atoms with E-state index in [9.17, 15) is 0 Å². The van der Waals surface area contributed by atoms with E-state index in [1.54, 1.807) is 6.92 Å². The van der Waals surface area contributed by atoms with Gasteiger partial charge in [-0.05, 0) is 13.3 Å². The fourth-order valence-electron chi connectivity index (χ4n) is 0.821. The summed E-state index contributed by atoms with van der Waals surface area (Å²) in [6.45, 7) is 3.84. The van der Waals surface area contributed by atoms with Gasteiger partial charge in [0.1, 0.15) is 12.7 Å². The lowest BCUT2D eigenvalue weighted by atomic mass is 10.1. The first-order valence-electron chi connectivity index (χ1n) is 4.34. The molecule has 0 fully saturated rings. The van der Waals surface area contributed by atoms with Crippen molar-refractivity contribution in [2.45, 2.75) is 26.7 Å². The SMILES string of the molecule is CCCC(=N/N=CN)/C(C)=N\N=CN. The molecule has 0 bridgehead atoms. The van der Waals surface area contributed by atoms with E-state index in [4.69, 9.17) is 11.5 Å². The van der Waals surface area contributed by atoms with Crippen molar-refractivity contribution < 1.29 is 0 Å². The molecule has 0 saturated carbocycles. The Bertz CT molecular complexity index is 263. The van der Waals surface area contributed by atoms with E-state index >= 15 is 0 Å². The average Bonchev–Trinajstić information content (AvgIpc) is 2.20. The summed E-state index contributed by atoms with van der Waals surface area (Å²) in [5.41, 5.74) is 11.6. The van der Waals surface area contributed by atoms with E-state index in [-0.39, 0.29) is 0 Å². The fourth-order valence-corrected chi connectivity index (χ4v) is 0.821. The third-order valence-corrected chi connectivity index (χ3v) is 1.42. The molecule has 6 nitrogen and oxygen atoms in total. The van der Waals surface area contributed by atoms with Gasteiger partial charge in [0, 0.05) is 0 Å². The summed E-state index contributed by atoms with van der Waals surface area (Å²) in [6, 6.07) is 0. The predicted octanol–water partition coefficient (Wildman–Crippen LogP) is 0.492. The molecule has 0 spiro atoms. The molecule has 0 rings (SSSR count). The molecule has 0 unspecified atom stereocenters. The maximum Gasteiger partial charge on any atom is 0.108 e. The van der Waals surface area contributed by atoms with Crippen LogP contribution in [0.2, 0.25) is 0 Å². The van der Waals surface area contributed by atoms with Gasteiger partial charge in [-0.25, -0.2) is 0 Å². The minimum atomic E-state index is 0.694. The van der Waals surface area contributed by atoms with Crippen molar-refractivity contribution >= 4 is 24.1 Å². The van der Waals surface area contributed by atoms with Gasteiger partial charge in [0.05, 0.1) is 11.4 Å². The highest BCUT2D eigenvalue weighted by molar-refractivity contribution is 6.41. The van der Waals surface area contributed by atoms with E-state index < -0.39 is 0 Å². The Labute approximate surface area is 83.5 Å². The van der Waals surface area contributed by atoms with E-state index in [1.807, 2.05) is 6.92 Å². The van der Waals surface area contributed by atoms with E-state index in [0.717, 1.165) is 31.2 Å². The van der Waals surface area contributed by atoms with Crippen LogP contribution in [0, 0.1) is 0 Å². The van der Waals surface area contributed by atoms with Gasteiger partial charge in [-0.15, -0.1) is 10.2 Å². The molecule has 0 aliphatic carbocycles. The molecular formula is C8H16N6. The van der Waals surface area contributed by atoms with Crippen LogP contribution in [0.3, 0.4) is 0 Å². The minimum absolute atomic E-state index is 0.694. The Kier molecular flexibility index (Phi) is 6.93. The van der Waals surface area contributed by atoms with E-state index in [0.29, 0.717) is 5.71 Å². The van der Waals surface area contributed by atoms with E-state index in [2.05, 4.69) is 20.4 Å². The first-order valence-corrected chi connectivity index (χ1v) is 4.34. The lowest BCUT2D eigenvalue weighted by Crippen LogP contribution is -2.09. The van der Waals surface area contributed by atoms with Gasteiger partial charge < -0.3 is 11.5 Å². The third-order valence-electron chi connectivity index (χ3n) is 1.42. The average molecular weight is 196 g/mol. The summed E-state index contributed by atoms with van der Waals surface area (Å²) in [7, 11) is 0. The van der Waals surface area contributed by atoms with E-state index in [1.165, 1.54) is 0 Å². The van der Waals surface area contributed by atoms with Crippen LogP contribution in [0.4, 0.5) is 0 Å². The molecule has 0 aromatic heterocycles. The summed E-state index contributed by atoms with van der Waals surface area (Å²) in [4.78, 5) is 0. The highest BCUT2D eigenvalue weighted by Crippen LogP contribution is 1.96. The summed E-state index contributed by atoms with van der Waals surface area (Å²) in [6.07, 6.45) is 4.00. The summed E-state index contributed by atoms with van der Waals surface area (Å²) in [5.74, 6) is 0. The number of rotatable bonds is 5. The van der Waals surface area contributed by atoms with Crippen LogP contribution in [-0.2, 0) is 0 Å². The zero-order valence-electron chi connectivity index (χ0n) is 8.51. The standard InChI is InChI=1S/C8H16N6/c1-3-4-8(14-12-6-10)7(2)13-11-5-9/h5-6H,3-4H2,1-2H3,(H2,9,11)(H2,10,12)/b13-7-,14-8-. The zero-order chi connectivity index (χ0) is 10.8. The number of hydrogen-bond donors (Lipinski definition) is 2. The van der Waals surface area contributed by atoms with Crippen LogP contribution < -0.4 is 11.5 Å². The molecule has 4 N–H and O–H groups in total. The number of hydrogen-bond acceptors (Lipinski definition) is 4. The highest BCUT2D eigenvalue weighted by atomic mass is 15.2. The van der Waals surface area contributed by atoms with Crippen molar-refractivity contribution in [1.82, 2.24) is 0 Å². The Morgan fingerprint density at radius 2 is 1.71 bits per heavy atom. The number of nitrogens with zero attached hydrogens (tertiary/aromatic N) is 4. The second kappa shape index (κ2) is 7.90. The van der Waals surface area contributed by atoms with Gasteiger partial charge in [-0.2, -0.15) is 10.2 Å². The number of nitrogens with two attached hydrogens (primary N) is 2. The van der Waals surface area contributed by atoms with Crippen LogP contribution in [-0.4, -0.2) is 24.1 Å². The van der Waals surface area contributed by atoms with Crippen molar-refractivity contribution in [3.8, 4) is 0 Å². The van der Waals surface area contributed by atoms with Gasteiger partial charge in [0.15, 0.2) is 0 Å². The van der Waals surface area contributed by atoms with Crippen LogP contribution >= 0.6 is 0 Å². The molecule has 0 radical (unpaired) electrons. The maximum atomic E-state index is 5.09. The van der Waals surface area contributed by atoms with Gasteiger partial charge in [-0.1, -0.05) is 13.3 Å². The molecule has 0 saturated heterocycles. The van der Waals surface area contributed by atoms with Crippen LogP contribution in [0.5, 0.6) is 0 Å². The topological polar surface area (TPSA) is 101 Å². The molecule has 78 valence electrons. The maximum absolute atomic E-state index is 5.09. The Morgan fingerprint density at radius 1 is 1.14 bits per heavy atom. The fraction of sp³-hybridized carbons (Fsp3) is 0.500. The quantitative estimate of drug-likeness (QED) is 0.380.